The third kappa shape index (κ3) is 1.72. The summed E-state index contributed by atoms with van der Waals surface area (Å²) >= 11 is 0. The quantitative estimate of drug-likeness (QED) is 0.773. The number of nitrogens with zero attached hydrogens (tertiary/aromatic N) is 4. The zero-order valence-electron chi connectivity index (χ0n) is 10.1. The lowest BCUT2D eigenvalue weighted by atomic mass is 10.2. The normalized spacial score (nSPS) is 16.9. The summed E-state index contributed by atoms with van der Waals surface area (Å²) in [5, 5.41) is 18.1. The molecule has 3 heterocycles. The summed E-state index contributed by atoms with van der Waals surface area (Å²) in [6.07, 6.45) is 4.97. The van der Waals surface area contributed by atoms with Gasteiger partial charge in [-0.15, -0.1) is 0 Å². The van der Waals surface area contributed by atoms with Crippen LogP contribution < -0.4 is 0 Å². The maximum absolute atomic E-state index is 9.97. The first-order valence-electron chi connectivity index (χ1n) is 6.27. The van der Waals surface area contributed by atoms with Gasteiger partial charge in [-0.1, -0.05) is 11.2 Å². The summed E-state index contributed by atoms with van der Waals surface area (Å²) in [5.74, 6) is 1.04. The zero-order valence-corrected chi connectivity index (χ0v) is 10.1. The number of aromatic nitrogens is 4. The summed E-state index contributed by atoms with van der Waals surface area (Å²) in [5.41, 5.74) is 1.72. The van der Waals surface area contributed by atoms with Crippen LogP contribution in [0.4, 0.5) is 0 Å². The fourth-order valence-electron chi connectivity index (χ4n) is 2.19. The number of rotatable bonds is 3. The fourth-order valence-corrected chi connectivity index (χ4v) is 2.19. The Morgan fingerprint density at radius 1 is 1.37 bits per heavy atom. The van der Waals surface area contributed by atoms with Gasteiger partial charge in [0.15, 0.2) is 0 Å². The number of hydrogen-bond donors (Lipinski definition) is 1. The van der Waals surface area contributed by atoms with E-state index in [-0.39, 0.29) is 5.92 Å². The Bertz CT molecular complexity index is 729. The minimum absolute atomic E-state index is 0.275. The van der Waals surface area contributed by atoms with E-state index in [1.807, 2.05) is 24.4 Å². The molecular weight excluding hydrogens is 244 g/mol. The van der Waals surface area contributed by atoms with Gasteiger partial charge in [-0.2, -0.15) is 10.1 Å². The average Bonchev–Trinajstić information content (AvgIpc) is 3.01. The van der Waals surface area contributed by atoms with Gasteiger partial charge in [0.05, 0.1) is 17.3 Å². The Morgan fingerprint density at radius 3 is 3.11 bits per heavy atom. The Kier molecular flexibility index (Phi) is 2.19. The molecule has 3 aromatic heterocycles. The van der Waals surface area contributed by atoms with E-state index < -0.39 is 6.10 Å². The molecule has 0 aliphatic heterocycles. The summed E-state index contributed by atoms with van der Waals surface area (Å²) in [6, 6.07) is 5.78. The van der Waals surface area contributed by atoms with E-state index in [0.717, 1.165) is 23.9 Å². The van der Waals surface area contributed by atoms with Crippen molar-refractivity contribution in [2.75, 3.05) is 0 Å². The van der Waals surface area contributed by atoms with Crippen LogP contribution in [0.25, 0.3) is 16.9 Å². The standard InChI is InChI=1S/C13H12N4O2/c18-11(8-4-5-8)13-15-12(16-19-13)9-7-14-17-6-2-1-3-10(9)17/h1-3,6-8,11,18H,4-5H2. The second-order valence-electron chi connectivity index (χ2n) is 4.83. The van der Waals surface area contributed by atoms with Gasteiger partial charge < -0.3 is 9.63 Å². The molecule has 0 radical (unpaired) electrons. The Labute approximate surface area is 108 Å². The zero-order chi connectivity index (χ0) is 12.8. The maximum Gasteiger partial charge on any atom is 0.256 e. The Balaban J connectivity index is 1.75. The van der Waals surface area contributed by atoms with Gasteiger partial charge in [-0.3, -0.25) is 0 Å². The summed E-state index contributed by atoms with van der Waals surface area (Å²) in [6.45, 7) is 0. The van der Waals surface area contributed by atoms with Gasteiger partial charge in [0.2, 0.25) is 5.82 Å². The van der Waals surface area contributed by atoms with Crippen LogP contribution in [-0.2, 0) is 0 Å². The van der Waals surface area contributed by atoms with Gasteiger partial charge in [-0.25, -0.2) is 4.52 Å². The molecule has 1 N–H and O–H groups in total. The first-order valence-corrected chi connectivity index (χ1v) is 6.27. The molecule has 1 aliphatic carbocycles. The van der Waals surface area contributed by atoms with Gasteiger partial charge in [0.25, 0.3) is 5.89 Å². The van der Waals surface area contributed by atoms with Crippen LogP contribution in [0.1, 0.15) is 24.8 Å². The molecule has 96 valence electrons. The lowest BCUT2D eigenvalue weighted by molar-refractivity contribution is 0.112. The molecule has 1 saturated carbocycles. The largest absolute Gasteiger partial charge is 0.383 e. The highest BCUT2D eigenvalue weighted by Gasteiger charge is 2.34. The monoisotopic (exact) mass is 256 g/mol. The van der Waals surface area contributed by atoms with Crippen LogP contribution in [-0.4, -0.2) is 24.9 Å². The number of hydrogen-bond acceptors (Lipinski definition) is 5. The van der Waals surface area contributed by atoms with Crippen molar-refractivity contribution in [1.29, 1.82) is 0 Å². The molecule has 0 aromatic carbocycles. The smallest absolute Gasteiger partial charge is 0.256 e. The summed E-state index contributed by atoms with van der Waals surface area (Å²) < 4.78 is 6.90. The van der Waals surface area contributed by atoms with Crippen molar-refractivity contribution in [1.82, 2.24) is 19.8 Å². The van der Waals surface area contributed by atoms with Crippen molar-refractivity contribution in [3.63, 3.8) is 0 Å². The predicted molar refractivity (Wildman–Crippen MR) is 66.2 cm³/mol. The van der Waals surface area contributed by atoms with E-state index in [9.17, 15) is 5.11 Å². The van der Waals surface area contributed by atoms with Gasteiger partial charge >= 0.3 is 0 Å². The molecule has 1 aliphatic rings. The molecule has 1 fully saturated rings. The van der Waals surface area contributed by atoms with Crippen molar-refractivity contribution in [3.8, 4) is 11.4 Å². The molecule has 0 saturated heterocycles. The molecule has 4 rings (SSSR count). The van der Waals surface area contributed by atoms with Crippen molar-refractivity contribution < 1.29 is 9.63 Å². The van der Waals surface area contributed by atoms with Crippen LogP contribution in [0.5, 0.6) is 0 Å². The molecule has 0 spiro atoms. The van der Waals surface area contributed by atoms with Crippen molar-refractivity contribution in [2.24, 2.45) is 5.92 Å². The van der Waals surface area contributed by atoms with E-state index in [2.05, 4.69) is 15.2 Å². The second-order valence-corrected chi connectivity index (χ2v) is 4.83. The molecule has 19 heavy (non-hydrogen) atoms. The molecule has 3 aromatic rings. The molecule has 6 nitrogen and oxygen atoms in total. The third-order valence-electron chi connectivity index (χ3n) is 3.43. The molecule has 0 bridgehead atoms. The van der Waals surface area contributed by atoms with Gasteiger partial charge in [0.1, 0.15) is 6.10 Å². The minimum atomic E-state index is -0.636. The molecule has 1 atom stereocenters. The lowest BCUT2D eigenvalue weighted by Crippen LogP contribution is -1.99. The molecule has 1 unspecified atom stereocenters. The van der Waals surface area contributed by atoms with Crippen LogP contribution >= 0.6 is 0 Å². The Morgan fingerprint density at radius 2 is 2.26 bits per heavy atom. The predicted octanol–water partition coefficient (Wildman–Crippen LogP) is 1.83. The molecule has 6 heteroatoms. The van der Waals surface area contributed by atoms with Crippen LogP contribution in [0.15, 0.2) is 35.1 Å². The highest BCUT2D eigenvalue weighted by atomic mass is 16.5. The van der Waals surface area contributed by atoms with Crippen LogP contribution in [0.3, 0.4) is 0 Å². The van der Waals surface area contributed by atoms with Crippen LogP contribution in [0, 0.1) is 5.92 Å². The first-order chi connectivity index (χ1) is 9.33. The Hall–Kier alpha value is -2.21. The molecular formula is C13H12N4O2. The summed E-state index contributed by atoms with van der Waals surface area (Å²) in [4.78, 5) is 4.28. The fraction of sp³-hybridized carbons (Fsp3) is 0.308. The SMILES string of the molecule is OC(c1nc(-c2cnn3ccccc23)no1)C1CC1. The minimum Gasteiger partial charge on any atom is -0.383 e. The number of pyridine rings is 1. The van der Waals surface area contributed by atoms with E-state index >= 15 is 0 Å². The number of fused-ring (bicyclic) bond motifs is 1. The van der Waals surface area contributed by atoms with E-state index in [1.165, 1.54) is 0 Å². The third-order valence-corrected chi connectivity index (χ3v) is 3.43. The summed E-state index contributed by atoms with van der Waals surface area (Å²) in [7, 11) is 0. The average molecular weight is 256 g/mol. The van der Waals surface area contributed by atoms with Crippen molar-refractivity contribution in [2.45, 2.75) is 18.9 Å². The highest BCUT2D eigenvalue weighted by Crippen LogP contribution is 2.40. The molecule has 0 amide bonds. The second kappa shape index (κ2) is 3.89. The maximum atomic E-state index is 9.97. The van der Waals surface area contributed by atoms with E-state index in [0.29, 0.717) is 11.7 Å². The number of aliphatic hydroxyl groups is 1. The van der Waals surface area contributed by atoms with Crippen molar-refractivity contribution in [3.05, 3.63) is 36.5 Å². The van der Waals surface area contributed by atoms with E-state index in [1.54, 1.807) is 10.7 Å². The highest BCUT2D eigenvalue weighted by molar-refractivity contribution is 5.75. The van der Waals surface area contributed by atoms with Crippen molar-refractivity contribution >= 4 is 5.52 Å². The lowest BCUT2D eigenvalue weighted by Gasteiger charge is -2.00. The van der Waals surface area contributed by atoms with E-state index in [4.69, 9.17) is 4.52 Å². The number of aliphatic hydroxyl groups excluding tert-OH is 1. The van der Waals surface area contributed by atoms with Gasteiger partial charge in [0, 0.05) is 6.20 Å². The first kappa shape index (κ1) is 10.7. The van der Waals surface area contributed by atoms with Gasteiger partial charge in [-0.05, 0) is 30.9 Å². The topological polar surface area (TPSA) is 76.5 Å². The van der Waals surface area contributed by atoms with Crippen LogP contribution in [0.2, 0.25) is 0 Å².